The summed E-state index contributed by atoms with van der Waals surface area (Å²) in [5.74, 6) is -5.21. The van der Waals surface area contributed by atoms with Gasteiger partial charge >= 0.3 is 5.97 Å². The van der Waals surface area contributed by atoms with Gasteiger partial charge in [0.25, 0.3) is 0 Å². The van der Waals surface area contributed by atoms with Gasteiger partial charge in [-0.1, -0.05) is 12.2 Å². The van der Waals surface area contributed by atoms with Crippen molar-refractivity contribution in [2.24, 2.45) is 17.8 Å². The quantitative estimate of drug-likeness (QED) is 0.607. The van der Waals surface area contributed by atoms with E-state index in [0.717, 1.165) is 0 Å². The Hall–Kier alpha value is -1.54. The van der Waals surface area contributed by atoms with Gasteiger partial charge in [0.15, 0.2) is 17.9 Å². The first kappa shape index (κ1) is 15.4. The number of carboxylic acids is 1. The standard InChI is InChI=1S/C15H18O7/c1-7(16)10-5-15(22-14(10,2)20)4-3-8-9(12(17)18)6-21-13(19)11(8)15/h3-5,8-9,11,13,19-20H,6H2,1-2H3,(H,17,18). The molecule has 7 nitrogen and oxygen atoms in total. The number of ketones is 1. The van der Waals surface area contributed by atoms with E-state index in [1.807, 2.05) is 0 Å². The molecule has 1 fully saturated rings. The molecule has 0 bridgehead atoms. The van der Waals surface area contributed by atoms with Gasteiger partial charge in [-0.05, 0) is 19.9 Å². The number of carboxylic acid groups (broad SMARTS) is 1. The van der Waals surface area contributed by atoms with Crippen LogP contribution in [0.1, 0.15) is 13.8 Å². The SMILES string of the molecule is CC(=O)C1=CC2(C=CC3C(C(=O)O)COC(O)C32)OC1(C)O. The van der Waals surface area contributed by atoms with Crippen molar-refractivity contribution in [3.63, 3.8) is 0 Å². The van der Waals surface area contributed by atoms with E-state index in [1.165, 1.54) is 19.9 Å². The first-order chi connectivity index (χ1) is 10.2. The molecule has 2 heterocycles. The van der Waals surface area contributed by atoms with Gasteiger partial charge in [0.1, 0.15) is 5.60 Å². The van der Waals surface area contributed by atoms with E-state index in [2.05, 4.69) is 0 Å². The Bertz CT molecular complexity index is 591. The Kier molecular flexibility index (Phi) is 3.30. The monoisotopic (exact) mass is 310 g/mol. The van der Waals surface area contributed by atoms with Crippen molar-refractivity contribution in [1.29, 1.82) is 0 Å². The molecule has 2 aliphatic heterocycles. The number of hydrogen-bond acceptors (Lipinski definition) is 6. The first-order valence-corrected chi connectivity index (χ1v) is 7.06. The third-order valence-corrected chi connectivity index (χ3v) is 4.67. The minimum Gasteiger partial charge on any atom is -0.481 e. The average molecular weight is 310 g/mol. The summed E-state index contributed by atoms with van der Waals surface area (Å²) in [5.41, 5.74) is -1.16. The van der Waals surface area contributed by atoms with Crippen LogP contribution in [-0.4, -0.2) is 51.4 Å². The van der Waals surface area contributed by atoms with Gasteiger partial charge in [-0.15, -0.1) is 0 Å². The van der Waals surface area contributed by atoms with Gasteiger partial charge in [0, 0.05) is 5.92 Å². The van der Waals surface area contributed by atoms with Crippen molar-refractivity contribution in [1.82, 2.24) is 0 Å². The number of hydrogen-bond donors (Lipinski definition) is 3. The fraction of sp³-hybridized carbons (Fsp3) is 0.600. The van der Waals surface area contributed by atoms with Crippen molar-refractivity contribution in [3.8, 4) is 0 Å². The van der Waals surface area contributed by atoms with Gasteiger partial charge in [0.2, 0.25) is 0 Å². The largest absolute Gasteiger partial charge is 0.481 e. The first-order valence-electron chi connectivity index (χ1n) is 7.06. The van der Waals surface area contributed by atoms with E-state index in [9.17, 15) is 24.9 Å². The van der Waals surface area contributed by atoms with Gasteiger partial charge in [0.05, 0.1) is 24.0 Å². The maximum absolute atomic E-state index is 11.7. The molecule has 0 aromatic carbocycles. The molecule has 7 heteroatoms. The molecule has 0 aromatic heterocycles. The van der Waals surface area contributed by atoms with Crippen molar-refractivity contribution in [2.75, 3.05) is 6.61 Å². The number of carbonyl (C=O) groups excluding carboxylic acids is 1. The smallest absolute Gasteiger partial charge is 0.309 e. The summed E-state index contributed by atoms with van der Waals surface area (Å²) in [7, 11) is 0. The molecule has 3 aliphatic rings. The average Bonchev–Trinajstić information content (AvgIpc) is 2.88. The normalized spacial score (nSPS) is 46.6. The molecule has 1 aliphatic carbocycles. The van der Waals surface area contributed by atoms with Crippen molar-refractivity contribution >= 4 is 11.8 Å². The fourth-order valence-electron chi connectivity index (χ4n) is 3.71. The Morgan fingerprint density at radius 3 is 2.64 bits per heavy atom. The molecule has 22 heavy (non-hydrogen) atoms. The highest BCUT2D eigenvalue weighted by Crippen LogP contribution is 2.52. The second-order valence-electron chi connectivity index (χ2n) is 6.18. The molecule has 0 amide bonds. The summed E-state index contributed by atoms with van der Waals surface area (Å²) in [6, 6.07) is 0. The predicted octanol–water partition coefficient (Wildman–Crippen LogP) is -0.169. The molecule has 0 radical (unpaired) electrons. The summed E-state index contributed by atoms with van der Waals surface area (Å²) < 4.78 is 10.8. The summed E-state index contributed by atoms with van der Waals surface area (Å²) in [6.45, 7) is 2.56. The summed E-state index contributed by atoms with van der Waals surface area (Å²) >= 11 is 0. The van der Waals surface area contributed by atoms with E-state index in [-0.39, 0.29) is 18.0 Å². The van der Waals surface area contributed by atoms with Crippen LogP contribution < -0.4 is 0 Å². The number of rotatable bonds is 2. The van der Waals surface area contributed by atoms with Crippen LogP contribution in [0.25, 0.3) is 0 Å². The molecule has 1 spiro atoms. The Labute approximate surface area is 126 Å². The number of aliphatic hydroxyl groups is 2. The number of fused-ring (bicyclic) bond motifs is 2. The third kappa shape index (κ3) is 2.04. The molecule has 6 atom stereocenters. The highest BCUT2D eigenvalue weighted by molar-refractivity contribution is 5.95. The lowest BCUT2D eigenvalue weighted by Crippen LogP contribution is -2.52. The van der Waals surface area contributed by atoms with Gasteiger partial charge in [-0.2, -0.15) is 0 Å². The van der Waals surface area contributed by atoms with Crippen LogP contribution in [0.2, 0.25) is 0 Å². The Morgan fingerprint density at radius 1 is 1.41 bits per heavy atom. The van der Waals surface area contributed by atoms with Crippen LogP contribution in [0, 0.1) is 17.8 Å². The molecule has 120 valence electrons. The Morgan fingerprint density at radius 2 is 2.09 bits per heavy atom. The summed E-state index contributed by atoms with van der Waals surface area (Å²) in [5, 5.41) is 29.8. The van der Waals surface area contributed by atoms with Gasteiger partial charge < -0.3 is 24.8 Å². The van der Waals surface area contributed by atoms with Crippen molar-refractivity contribution in [3.05, 3.63) is 23.8 Å². The maximum Gasteiger partial charge on any atom is 0.309 e. The van der Waals surface area contributed by atoms with Gasteiger partial charge in [-0.3, -0.25) is 9.59 Å². The highest BCUT2D eigenvalue weighted by Gasteiger charge is 2.60. The molecule has 1 saturated heterocycles. The zero-order valence-corrected chi connectivity index (χ0v) is 12.2. The van der Waals surface area contributed by atoms with E-state index >= 15 is 0 Å². The fourth-order valence-corrected chi connectivity index (χ4v) is 3.71. The van der Waals surface area contributed by atoms with Crippen molar-refractivity contribution < 1.29 is 34.4 Å². The zero-order chi connectivity index (χ0) is 16.3. The number of Topliss-reactive ketones (excluding diaryl/α,β-unsaturated/α-hetero) is 1. The third-order valence-electron chi connectivity index (χ3n) is 4.67. The number of carbonyl (C=O) groups is 2. The highest BCUT2D eigenvalue weighted by atomic mass is 16.7. The van der Waals surface area contributed by atoms with Crippen LogP contribution in [0.3, 0.4) is 0 Å². The summed E-state index contributed by atoms with van der Waals surface area (Å²) in [4.78, 5) is 23.0. The second kappa shape index (κ2) is 4.73. The molecular weight excluding hydrogens is 292 g/mol. The molecule has 0 saturated carbocycles. The maximum atomic E-state index is 11.7. The van der Waals surface area contributed by atoms with E-state index in [4.69, 9.17) is 9.47 Å². The number of aliphatic hydroxyl groups excluding tert-OH is 1. The zero-order valence-electron chi connectivity index (χ0n) is 12.2. The lowest BCUT2D eigenvalue weighted by Gasteiger charge is -2.42. The topological polar surface area (TPSA) is 113 Å². The molecular formula is C15H18O7. The predicted molar refractivity (Wildman–Crippen MR) is 72.4 cm³/mol. The summed E-state index contributed by atoms with van der Waals surface area (Å²) in [6.07, 6.45) is 3.48. The lowest BCUT2D eigenvalue weighted by molar-refractivity contribution is -0.256. The van der Waals surface area contributed by atoms with E-state index < -0.39 is 41.4 Å². The molecule has 0 aromatic rings. The van der Waals surface area contributed by atoms with Crippen LogP contribution in [0.15, 0.2) is 23.8 Å². The number of ether oxygens (including phenoxy) is 2. The van der Waals surface area contributed by atoms with Crippen LogP contribution in [0.5, 0.6) is 0 Å². The van der Waals surface area contributed by atoms with Crippen LogP contribution >= 0.6 is 0 Å². The molecule has 3 N–H and O–H groups in total. The van der Waals surface area contributed by atoms with Crippen molar-refractivity contribution in [2.45, 2.75) is 31.5 Å². The lowest BCUT2D eigenvalue weighted by atomic mass is 9.75. The number of allylic oxidation sites excluding steroid dienone is 1. The van der Waals surface area contributed by atoms with Gasteiger partial charge in [-0.25, -0.2) is 0 Å². The second-order valence-corrected chi connectivity index (χ2v) is 6.18. The van der Waals surface area contributed by atoms with Crippen LogP contribution in [-0.2, 0) is 19.1 Å². The number of aliphatic carboxylic acids is 1. The van der Waals surface area contributed by atoms with E-state index in [0.29, 0.717) is 0 Å². The molecule has 6 unspecified atom stereocenters. The van der Waals surface area contributed by atoms with E-state index in [1.54, 1.807) is 12.2 Å². The minimum absolute atomic E-state index is 0.0856. The Balaban J connectivity index is 2.02. The minimum atomic E-state index is -1.79. The molecule has 3 rings (SSSR count). The van der Waals surface area contributed by atoms with Crippen LogP contribution in [0.4, 0.5) is 0 Å².